The van der Waals surface area contributed by atoms with Crippen molar-refractivity contribution in [2.24, 2.45) is 0 Å². The minimum atomic E-state index is -0.531. The Morgan fingerprint density at radius 1 is 0.867 bits per heavy atom. The Hall–Kier alpha value is 1.35. The molecule has 0 saturated heterocycles. The van der Waals surface area contributed by atoms with E-state index in [2.05, 4.69) is 32.6 Å². The molecular formula is C12H20ClIMg. The van der Waals surface area contributed by atoms with E-state index in [4.69, 9.17) is 9.07 Å². The molecule has 0 aliphatic heterocycles. The van der Waals surface area contributed by atoms with Gasteiger partial charge in [-0.25, -0.2) is 4.05 Å². The zero-order valence-corrected chi connectivity index (χ0v) is 13.9. The molecule has 0 heterocycles. The molecule has 0 aliphatic rings. The maximum absolute atomic E-state index is 5.59. The van der Waals surface area contributed by atoms with Crippen LogP contribution in [-0.2, 0) is 0 Å². The van der Waals surface area contributed by atoms with Gasteiger partial charge in [-0.2, -0.15) is 0 Å². The second-order valence-corrected chi connectivity index (χ2v) is 6.26. The zero-order chi connectivity index (χ0) is 11.2. The molecule has 0 nitrogen and oxygen atoms in total. The molecule has 0 fully saturated rings. The quantitative estimate of drug-likeness (QED) is 0.185. The van der Waals surface area contributed by atoms with Crippen molar-refractivity contribution in [2.75, 3.05) is 4.43 Å². The third-order valence-corrected chi connectivity index (χ3v) is 3.92. The summed E-state index contributed by atoms with van der Waals surface area (Å²) in [5.74, 6) is 3.13. The van der Waals surface area contributed by atoms with E-state index < -0.39 is 19.3 Å². The van der Waals surface area contributed by atoms with E-state index in [0.717, 1.165) is 6.42 Å². The average Bonchev–Trinajstić information content (AvgIpc) is 2.26. The van der Waals surface area contributed by atoms with Crippen molar-refractivity contribution in [2.45, 2.75) is 57.8 Å². The Bertz CT molecular complexity index is 174. The lowest BCUT2D eigenvalue weighted by Gasteiger charge is -1.99. The first-order chi connectivity index (χ1) is 7.41. The van der Waals surface area contributed by atoms with Crippen LogP contribution < -0.4 is 0 Å². The molecule has 15 heavy (non-hydrogen) atoms. The van der Waals surface area contributed by atoms with Gasteiger partial charge in [-0.05, 0) is 17.3 Å². The van der Waals surface area contributed by atoms with Gasteiger partial charge < -0.3 is 9.07 Å². The second-order valence-electron chi connectivity index (χ2n) is 3.75. The van der Waals surface area contributed by atoms with Crippen molar-refractivity contribution in [3.05, 3.63) is 0 Å². The van der Waals surface area contributed by atoms with E-state index in [1.54, 1.807) is 0 Å². The normalized spacial score (nSPS) is 9.20. The molecule has 84 valence electrons. The zero-order valence-electron chi connectivity index (χ0n) is 9.53. The Balaban J connectivity index is 2.92. The van der Waals surface area contributed by atoms with Crippen LogP contribution in [0.1, 0.15) is 57.8 Å². The molecule has 0 aromatic carbocycles. The standard InChI is InChI=1S/C12H20I.ClH.Mg/c1-2-3-4-5-6-7-8-9-10-11-12-13;;/h3-12H2;1H;/q;;+1/p-1. The number of alkyl halides is 1. The summed E-state index contributed by atoms with van der Waals surface area (Å²) < 4.78 is 4.35. The molecule has 3 heteroatoms. The third-order valence-electron chi connectivity index (χ3n) is 2.38. The van der Waals surface area contributed by atoms with Crippen molar-refractivity contribution < 1.29 is 0 Å². The van der Waals surface area contributed by atoms with Crippen LogP contribution >= 0.6 is 31.7 Å². The minimum absolute atomic E-state index is 0.531. The fourth-order valence-corrected chi connectivity index (χ4v) is 2.60. The maximum atomic E-state index is 5.59. The minimum Gasteiger partial charge on any atom is -0.316 e. The van der Waals surface area contributed by atoms with Gasteiger partial charge in [0.25, 0.3) is 0 Å². The van der Waals surface area contributed by atoms with Crippen molar-refractivity contribution >= 4 is 50.9 Å². The van der Waals surface area contributed by atoms with E-state index in [1.165, 1.54) is 55.8 Å². The van der Waals surface area contributed by atoms with Crippen LogP contribution in [-0.4, -0.2) is 23.7 Å². The molecule has 0 aromatic rings. The SMILES string of the molecule is [Cl][Mg][C]#CCCCCCCCCCCI. The van der Waals surface area contributed by atoms with Gasteiger partial charge in [0.1, 0.15) is 0 Å². The highest BCUT2D eigenvalue weighted by Crippen LogP contribution is 2.09. The predicted molar refractivity (Wildman–Crippen MR) is 79.8 cm³/mol. The molecule has 0 amide bonds. The summed E-state index contributed by atoms with van der Waals surface area (Å²) in [4.78, 5) is 0. The Morgan fingerprint density at radius 3 is 1.93 bits per heavy atom. The van der Waals surface area contributed by atoms with Crippen LogP contribution in [0.4, 0.5) is 0 Å². The molecular weight excluding hydrogens is 331 g/mol. The highest BCUT2D eigenvalue weighted by molar-refractivity contribution is 14.1. The third kappa shape index (κ3) is 15.3. The summed E-state index contributed by atoms with van der Waals surface area (Å²) >= 11 is 1.93. The van der Waals surface area contributed by atoms with Crippen LogP contribution in [0.5, 0.6) is 0 Å². The van der Waals surface area contributed by atoms with Gasteiger partial charge in [0.15, 0.2) is 0 Å². The smallest absolute Gasteiger partial charge is 0.316 e. The number of hydrogen-bond acceptors (Lipinski definition) is 0. The average molecular weight is 351 g/mol. The molecule has 0 rings (SSSR count). The van der Waals surface area contributed by atoms with Crippen molar-refractivity contribution in [3.63, 3.8) is 0 Å². The van der Waals surface area contributed by atoms with Gasteiger partial charge in [0, 0.05) is 6.42 Å². The first-order valence-electron chi connectivity index (χ1n) is 5.99. The van der Waals surface area contributed by atoms with Crippen molar-refractivity contribution in [3.8, 4) is 9.97 Å². The molecule has 0 bridgehead atoms. The van der Waals surface area contributed by atoms with Crippen molar-refractivity contribution in [1.29, 1.82) is 0 Å². The largest absolute Gasteiger partial charge is 0.598 e. The maximum Gasteiger partial charge on any atom is 0.598 e. The first kappa shape index (κ1) is 16.3. The Labute approximate surface area is 122 Å². The first-order valence-corrected chi connectivity index (χ1v) is 10.4. The lowest BCUT2D eigenvalue weighted by molar-refractivity contribution is 0.581. The van der Waals surface area contributed by atoms with Crippen LogP contribution in [0.25, 0.3) is 0 Å². The summed E-state index contributed by atoms with van der Waals surface area (Å²) in [6.07, 6.45) is 12.2. The Morgan fingerprint density at radius 2 is 1.40 bits per heavy atom. The van der Waals surface area contributed by atoms with Gasteiger partial charge in [-0.15, -0.1) is 5.92 Å². The van der Waals surface area contributed by atoms with Gasteiger partial charge in [-0.3, -0.25) is 0 Å². The monoisotopic (exact) mass is 350 g/mol. The van der Waals surface area contributed by atoms with E-state index in [0.29, 0.717) is 0 Å². The fourth-order valence-electron chi connectivity index (χ4n) is 1.50. The molecule has 0 radical (unpaired) electrons. The second kappa shape index (κ2) is 15.3. The summed E-state index contributed by atoms with van der Waals surface area (Å²) in [5.41, 5.74) is 0. The highest BCUT2D eigenvalue weighted by atomic mass is 127. The van der Waals surface area contributed by atoms with Gasteiger partial charge in [-0.1, -0.05) is 61.1 Å². The van der Waals surface area contributed by atoms with Crippen LogP contribution in [0, 0.1) is 9.97 Å². The van der Waals surface area contributed by atoms with Crippen molar-refractivity contribution in [1.82, 2.24) is 0 Å². The van der Waals surface area contributed by atoms with Gasteiger partial charge in [0.2, 0.25) is 0 Å². The fraction of sp³-hybridized carbons (Fsp3) is 0.833. The Kier molecular flexibility index (Phi) is 16.7. The number of hydrogen-bond donors (Lipinski definition) is 0. The van der Waals surface area contributed by atoms with Crippen LogP contribution in [0.15, 0.2) is 0 Å². The van der Waals surface area contributed by atoms with E-state index in [-0.39, 0.29) is 0 Å². The molecule has 0 unspecified atom stereocenters. The predicted octanol–water partition coefficient (Wildman–Crippen LogP) is 4.75. The number of rotatable bonds is 9. The summed E-state index contributed by atoms with van der Waals surface area (Å²) in [7, 11) is 5.59. The molecule has 0 aromatic heterocycles. The molecule has 0 atom stereocenters. The van der Waals surface area contributed by atoms with Crippen LogP contribution in [0.3, 0.4) is 0 Å². The molecule has 0 saturated carbocycles. The molecule has 0 N–H and O–H groups in total. The molecule has 0 aliphatic carbocycles. The van der Waals surface area contributed by atoms with Gasteiger partial charge >= 0.3 is 19.3 Å². The summed E-state index contributed by atoms with van der Waals surface area (Å²) in [6, 6.07) is 0. The van der Waals surface area contributed by atoms with Gasteiger partial charge in [0.05, 0.1) is 0 Å². The van der Waals surface area contributed by atoms with E-state index in [9.17, 15) is 0 Å². The summed E-state index contributed by atoms with van der Waals surface area (Å²) in [5, 5.41) is 0. The molecule has 0 spiro atoms. The lowest BCUT2D eigenvalue weighted by atomic mass is 10.1. The van der Waals surface area contributed by atoms with E-state index in [1.807, 2.05) is 0 Å². The lowest BCUT2D eigenvalue weighted by Crippen LogP contribution is -1.81. The van der Waals surface area contributed by atoms with Crippen LogP contribution in [0.2, 0.25) is 0 Å². The number of halogens is 2. The summed E-state index contributed by atoms with van der Waals surface area (Å²) in [6.45, 7) is 0. The number of unbranched alkanes of at least 4 members (excludes halogenated alkanes) is 8. The highest BCUT2D eigenvalue weighted by Gasteiger charge is 1.91. The topological polar surface area (TPSA) is 0 Å². The van der Waals surface area contributed by atoms with E-state index >= 15 is 0 Å².